The maximum Gasteiger partial charge on any atom is 0.180 e. The van der Waals surface area contributed by atoms with E-state index >= 15 is 0 Å². The zero-order chi connectivity index (χ0) is 13.4. The molecule has 0 aliphatic carbocycles. The van der Waals surface area contributed by atoms with E-state index in [0.29, 0.717) is 0 Å². The van der Waals surface area contributed by atoms with Crippen LogP contribution in [0, 0.1) is 0 Å². The van der Waals surface area contributed by atoms with Crippen LogP contribution in [-0.4, -0.2) is 55.4 Å². The summed E-state index contributed by atoms with van der Waals surface area (Å²) >= 11 is 0. The number of aromatic nitrogens is 1. The van der Waals surface area contributed by atoms with E-state index in [4.69, 9.17) is 4.52 Å². The molecule has 0 bridgehead atoms. The van der Waals surface area contributed by atoms with Gasteiger partial charge in [0.15, 0.2) is 11.4 Å². The zero-order valence-corrected chi connectivity index (χ0v) is 11.6. The second kappa shape index (κ2) is 5.07. The van der Waals surface area contributed by atoms with Gasteiger partial charge in [0.05, 0.1) is 5.39 Å². The third kappa shape index (κ3) is 2.07. The minimum atomic E-state index is 0.728. The van der Waals surface area contributed by atoms with E-state index in [1.54, 1.807) is 0 Å². The molecule has 20 heavy (non-hydrogen) atoms. The van der Waals surface area contributed by atoms with Crippen LogP contribution in [-0.2, 0) is 0 Å². The molecule has 2 aromatic rings. The van der Waals surface area contributed by atoms with Gasteiger partial charge in [-0.15, -0.1) is 0 Å². The van der Waals surface area contributed by atoms with Crippen molar-refractivity contribution < 1.29 is 4.52 Å². The normalized spacial score (nSPS) is 24.6. The van der Waals surface area contributed by atoms with Gasteiger partial charge in [0, 0.05) is 38.8 Å². The second-order valence-electron chi connectivity index (χ2n) is 5.67. The van der Waals surface area contributed by atoms with Gasteiger partial charge in [-0.05, 0) is 25.1 Å². The minimum Gasteiger partial charge on any atom is -0.354 e. The van der Waals surface area contributed by atoms with Gasteiger partial charge in [0.2, 0.25) is 0 Å². The average molecular weight is 272 g/mol. The van der Waals surface area contributed by atoms with E-state index < -0.39 is 0 Å². The van der Waals surface area contributed by atoms with Crippen molar-refractivity contribution in [2.24, 2.45) is 0 Å². The molecule has 1 aromatic heterocycles. The molecular weight excluding hydrogens is 252 g/mol. The molecule has 5 heteroatoms. The van der Waals surface area contributed by atoms with Gasteiger partial charge in [-0.3, -0.25) is 4.90 Å². The van der Waals surface area contributed by atoms with E-state index in [-0.39, 0.29) is 0 Å². The number of piperazine rings is 1. The lowest BCUT2D eigenvalue weighted by Crippen LogP contribution is -2.51. The Morgan fingerprint density at radius 1 is 1.15 bits per heavy atom. The number of rotatable bonds is 2. The molecule has 1 N–H and O–H groups in total. The first-order chi connectivity index (χ1) is 9.92. The standard InChI is InChI=1S/C15H20N4O/c1-2-4-14-13(3-1)15(17-20-14)19-9-7-18(8-10-19)12-5-6-16-11-12/h1-4,12,16H,5-11H2/t12-/m0/s1. The summed E-state index contributed by atoms with van der Waals surface area (Å²) in [5.41, 5.74) is 0.880. The largest absolute Gasteiger partial charge is 0.354 e. The first-order valence-electron chi connectivity index (χ1n) is 7.46. The molecule has 2 saturated heterocycles. The molecule has 0 spiro atoms. The third-order valence-electron chi connectivity index (χ3n) is 4.52. The Hall–Kier alpha value is -1.59. The van der Waals surface area contributed by atoms with Crippen molar-refractivity contribution in [3.05, 3.63) is 24.3 Å². The SMILES string of the molecule is c1ccc2c(N3CCN([C@H]4CCNC4)CC3)noc2c1. The minimum absolute atomic E-state index is 0.728. The Labute approximate surface area is 118 Å². The van der Waals surface area contributed by atoms with Gasteiger partial charge in [-0.2, -0.15) is 0 Å². The molecule has 4 rings (SSSR count). The Bertz CT molecular complexity index is 582. The summed E-state index contributed by atoms with van der Waals surface area (Å²) in [7, 11) is 0. The molecule has 2 fully saturated rings. The average Bonchev–Trinajstić information content (AvgIpc) is 3.17. The highest BCUT2D eigenvalue weighted by Gasteiger charge is 2.27. The number of hydrogen-bond donors (Lipinski definition) is 1. The molecule has 1 aromatic carbocycles. The summed E-state index contributed by atoms with van der Waals surface area (Å²) < 4.78 is 5.41. The zero-order valence-electron chi connectivity index (χ0n) is 11.6. The van der Waals surface area contributed by atoms with Gasteiger partial charge in [0.25, 0.3) is 0 Å². The topological polar surface area (TPSA) is 44.5 Å². The quantitative estimate of drug-likeness (QED) is 0.893. The van der Waals surface area contributed by atoms with Gasteiger partial charge >= 0.3 is 0 Å². The lowest BCUT2D eigenvalue weighted by molar-refractivity contribution is 0.196. The fourth-order valence-corrected chi connectivity index (χ4v) is 3.35. The summed E-state index contributed by atoms with van der Waals surface area (Å²) in [4.78, 5) is 4.96. The van der Waals surface area contributed by atoms with Crippen LogP contribution in [0.4, 0.5) is 5.82 Å². The summed E-state index contributed by atoms with van der Waals surface area (Å²) in [6.07, 6.45) is 1.28. The van der Waals surface area contributed by atoms with Crippen LogP contribution in [0.1, 0.15) is 6.42 Å². The number of nitrogens with one attached hydrogen (secondary N) is 1. The van der Waals surface area contributed by atoms with Crippen molar-refractivity contribution in [1.29, 1.82) is 0 Å². The van der Waals surface area contributed by atoms with Crippen LogP contribution >= 0.6 is 0 Å². The fraction of sp³-hybridized carbons (Fsp3) is 0.533. The predicted molar refractivity (Wildman–Crippen MR) is 79.1 cm³/mol. The molecule has 3 heterocycles. The molecule has 2 aliphatic heterocycles. The van der Waals surface area contributed by atoms with Crippen LogP contribution < -0.4 is 10.2 Å². The van der Waals surface area contributed by atoms with Crippen molar-refractivity contribution >= 4 is 16.8 Å². The first kappa shape index (κ1) is 12.2. The van der Waals surface area contributed by atoms with E-state index in [0.717, 1.165) is 55.6 Å². The van der Waals surface area contributed by atoms with Crippen molar-refractivity contribution in [1.82, 2.24) is 15.4 Å². The maximum absolute atomic E-state index is 5.41. The van der Waals surface area contributed by atoms with Crippen molar-refractivity contribution in [2.75, 3.05) is 44.2 Å². The van der Waals surface area contributed by atoms with Gasteiger partial charge in [-0.1, -0.05) is 17.3 Å². The lowest BCUT2D eigenvalue weighted by atomic mass is 10.2. The van der Waals surface area contributed by atoms with Crippen LogP contribution in [0.5, 0.6) is 0 Å². The summed E-state index contributed by atoms with van der Waals surface area (Å²) in [5.74, 6) is 1.00. The Morgan fingerprint density at radius 3 is 2.80 bits per heavy atom. The number of benzene rings is 1. The highest BCUT2D eigenvalue weighted by Crippen LogP contribution is 2.26. The molecule has 106 valence electrons. The van der Waals surface area contributed by atoms with E-state index in [2.05, 4.69) is 26.3 Å². The van der Waals surface area contributed by atoms with E-state index in [9.17, 15) is 0 Å². The Balaban J connectivity index is 1.48. The molecule has 0 unspecified atom stereocenters. The van der Waals surface area contributed by atoms with E-state index in [1.807, 2.05) is 18.2 Å². The first-order valence-corrected chi connectivity index (χ1v) is 7.46. The number of hydrogen-bond acceptors (Lipinski definition) is 5. The second-order valence-corrected chi connectivity index (χ2v) is 5.67. The molecular formula is C15H20N4O. The van der Waals surface area contributed by atoms with Crippen molar-refractivity contribution in [3.8, 4) is 0 Å². The van der Waals surface area contributed by atoms with E-state index in [1.165, 1.54) is 13.0 Å². The maximum atomic E-state index is 5.41. The molecule has 1 atom stereocenters. The number of para-hydroxylation sites is 1. The molecule has 2 aliphatic rings. The molecule has 0 radical (unpaired) electrons. The Morgan fingerprint density at radius 2 is 2.00 bits per heavy atom. The lowest BCUT2D eigenvalue weighted by Gasteiger charge is -2.37. The molecule has 0 amide bonds. The third-order valence-corrected chi connectivity index (χ3v) is 4.52. The van der Waals surface area contributed by atoms with Gasteiger partial charge in [0.1, 0.15) is 0 Å². The molecule has 5 nitrogen and oxygen atoms in total. The van der Waals surface area contributed by atoms with Crippen molar-refractivity contribution in [2.45, 2.75) is 12.5 Å². The number of anilines is 1. The highest BCUT2D eigenvalue weighted by molar-refractivity contribution is 5.88. The summed E-state index contributed by atoms with van der Waals surface area (Å²) in [5, 5.41) is 8.84. The predicted octanol–water partition coefficient (Wildman–Crippen LogP) is 1.31. The highest BCUT2D eigenvalue weighted by atomic mass is 16.5. The summed E-state index contributed by atoms with van der Waals surface area (Å²) in [6.45, 7) is 6.62. The fourth-order valence-electron chi connectivity index (χ4n) is 3.35. The van der Waals surface area contributed by atoms with Crippen LogP contribution in [0.3, 0.4) is 0 Å². The van der Waals surface area contributed by atoms with Crippen LogP contribution in [0.2, 0.25) is 0 Å². The smallest absolute Gasteiger partial charge is 0.180 e. The molecule has 0 saturated carbocycles. The van der Waals surface area contributed by atoms with Crippen LogP contribution in [0.25, 0.3) is 11.0 Å². The van der Waals surface area contributed by atoms with Crippen molar-refractivity contribution in [3.63, 3.8) is 0 Å². The Kier molecular flexibility index (Phi) is 3.09. The van der Waals surface area contributed by atoms with Gasteiger partial charge in [-0.25, -0.2) is 0 Å². The summed E-state index contributed by atoms with van der Waals surface area (Å²) in [6, 6.07) is 8.83. The van der Waals surface area contributed by atoms with Gasteiger partial charge < -0.3 is 14.7 Å². The monoisotopic (exact) mass is 272 g/mol. The van der Waals surface area contributed by atoms with Crippen LogP contribution in [0.15, 0.2) is 28.8 Å². The number of fused-ring (bicyclic) bond motifs is 1. The number of nitrogens with zero attached hydrogens (tertiary/aromatic N) is 3.